The first-order valence-corrected chi connectivity index (χ1v) is 5.94. The van der Waals surface area contributed by atoms with Gasteiger partial charge < -0.3 is 10.2 Å². The third-order valence-electron chi connectivity index (χ3n) is 2.47. The van der Waals surface area contributed by atoms with Gasteiger partial charge in [-0.25, -0.2) is 0 Å². The van der Waals surface area contributed by atoms with Crippen molar-refractivity contribution >= 4 is 15.9 Å². The molecule has 2 rings (SSSR count). The number of pyridine rings is 1. The maximum atomic E-state index is 6.05. The van der Waals surface area contributed by atoms with Crippen molar-refractivity contribution in [3.63, 3.8) is 0 Å². The minimum atomic E-state index is -0.0717. The molecule has 0 bridgehead atoms. The Kier molecular flexibility index (Phi) is 3.74. The summed E-state index contributed by atoms with van der Waals surface area (Å²) in [5.41, 5.74) is 7.29. The highest BCUT2D eigenvalue weighted by molar-refractivity contribution is 9.10. The molecule has 0 saturated carbocycles. The van der Waals surface area contributed by atoms with Gasteiger partial charge in [-0.1, -0.05) is 0 Å². The maximum absolute atomic E-state index is 6.05. The number of halogens is 1. The van der Waals surface area contributed by atoms with E-state index in [1.165, 1.54) is 5.56 Å². The molecule has 2 aromatic rings. The molecule has 0 aliphatic heterocycles. The average molecular weight is 281 g/mol. The van der Waals surface area contributed by atoms with Crippen LogP contribution >= 0.6 is 15.9 Å². The standard InChI is InChI=1S/C12H13BrN2O/c13-10-5-8-16-12(10)11(14)2-1-9-3-6-15-7-4-9/h3-8,11H,1-2,14H2. The van der Waals surface area contributed by atoms with Crippen molar-refractivity contribution in [1.29, 1.82) is 0 Å². The number of rotatable bonds is 4. The Morgan fingerprint density at radius 3 is 2.69 bits per heavy atom. The van der Waals surface area contributed by atoms with Gasteiger partial charge in [-0.3, -0.25) is 4.98 Å². The van der Waals surface area contributed by atoms with Crippen LogP contribution in [0.25, 0.3) is 0 Å². The Morgan fingerprint density at radius 2 is 2.06 bits per heavy atom. The van der Waals surface area contributed by atoms with Gasteiger partial charge in [0.15, 0.2) is 0 Å². The fourth-order valence-electron chi connectivity index (χ4n) is 1.57. The number of aryl methyl sites for hydroxylation is 1. The molecule has 2 aromatic heterocycles. The van der Waals surface area contributed by atoms with Crippen molar-refractivity contribution in [2.24, 2.45) is 5.73 Å². The van der Waals surface area contributed by atoms with Crippen LogP contribution in [0.3, 0.4) is 0 Å². The topological polar surface area (TPSA) is 52.0 Å². The third kappa shape index (κ3) is 2.71. The zero-order valence-corrected chi connectivity index (χ0v) is 10.4. The predicted molar refractivity (Wildman–Crippen MR) is 65.9 cm³/mol. The lowest BCUT2D eigenvalue weighted by Gasteiger charge is -2.09. The summed E-state index contributed by atoms with van der Waals surface area (Å²) in [6.07, 6.45) is 7.02. The zero-order chi connectivity index (χ0) is 11.4. The van der Waals surface area contributed by atoms with Gasteiger partial charge in [0.2, 0.25) is 0 Å². The molecule has 84 valence electrons. The van der Waals surface area contributed by atoms with E-state index in [-0.39, 0.29) is 6.04 Å². The van der Waals surface area contributed by atoms with Crippen molar-refractivity contribution in [1.82, 2.24) is 4.98 Å². The Labute approximate surface area is 103 Å². The summed E-state index contributed by atoms with van der Waals surface area (Å²) in [4.78, 5) is 3.98. The van der Waals surface area contributed by atoms with Crippen LogP contribution in [-0.2, 0) is 6.42 Å². The SMILES string of the molecule is NC(CCc1ccncc1)c1occc1Br. The molecule has 4 heteroatoms. The average Bonchev–Trinajstić information content (AvgIpc) is 2.74. The molecular formula is C12H13BrN2O. The maximum Gasteiger partial charge on any atom is 0.134 e. The Hall–Kier alpha value is -1.13. The van der Waals surface area contributed by atoms with E-state index in [1.807, 2.05) is 18.2 Å². The Bertz CT molecular complexity index is 441. The second kappa shape index (κ2) is 5.27. The summed E-state index contributed by atoms with van der Waals surface area (Å²) in [6.45, 7) is 0. The van der Waals surface area contributed by atoms with Crippen molar-refractivity contribution in [2.75, 3.05) is 0 Å². The number of nitrogens with two attached hydrogens (primary N) is 1. The lowest BCUT2D eigenvalue weighted by molar-refractivity contribution is 0.450. The molecule has 1 atom stereocenters. The molecule has 2 N–H and O–H groups in total. The van der Waals surface area contributed by atoms with Crippen molar-refractivity contribution in [3.8, 4) is 0 Å². The molecular weight excluding hydrogens is 268 g/mol. The minimum absolute atomic E-state index is 0.0717. The van der Waals surface area contributed by atoms with Crippen LogP contribution in [0.4, 0.5) is 0 Å². The largest absolute Gasteiger partial charge is 0.466 e. The lowest BCUT2D eigenvalue weighted by atomic mass is 10.1. The lowest BCUT2D eigenvalue weighted by Crippen LogP contribution is -2.10. The number of aromatic nitrogens is 1. The number of furan rings is 1. The first-order chi connectivity index (χ1) is 7.77. The van der Waals surface area contributed by atoms with E-state index >= 15 is 0 Å². The van der Waals surface area contributed by atoms with Crippen LogP contribution < -0.4 is 5.73 Å². The van der Waals surface area contributed by atoms with Crippen molar-refractivity contribution in [2.45, 2.75) is 18.9 Å². The van der Waals surface area contributed by atoms with Crippen LogP contribution in [-0.4, -0.2) is 4.98 Å². The van der Waals surface area contributed by atoms with Gasteiger partial charge in [0, 0.05) is 12.4 Å². The molecule has 0 saturated heterocycles. The summed E-state index contributed by atoms with van der Waals surface area (Å²) in [5.74, 6) is 0.814. The van der Waals surface area contributed by atoms with Crippen LogP contribution in [0, 0.1) is 0 Å². The first-order valence-electron chi connectivity index (χ1n) is 5.15. The van der Waals surface area contributed by atoms with Crippen molar-refractivity contribution < 1.29 is 4.42 Å². The Morgan fingerprint density at radius 1 is 1.31 bits per heavy atom. The van der Waals surface area contributed by atoms with Gasteiger partial charge in [0.1, 0.15) is 5.76 Å². The highest BCUT2D eigenvalue weighted by Gasteiger charge is 2.13. The minimum Gasteiger partial charge on any atom is -0.466 e. The quantitative estimate of drug-likeness (QED) is 0.937. The Balaban J connectivity index is 1.94. The summed E-state index contributed by atoms with van der Waals surface area (Å²) in [7, 11) is 0. The summed E-state index contributed by atoms with van der Waals surface area (Å²) < 4.78 is 6.27. The summed E-state index contributed by atoms with van der Waals surface area (Å²) in [6, 6.07) is 5.80. The van der Waals surface area contributed by atoms with Gasteiger partial charge in [0.25, 0.3) is 0 Å². The van der Waals surface area contributed by atoms with E-state index in [9.17, 15) is 0 Å². The molecule has 0 aliphatic carbocycles. The molecule has 0 fully saturated rings. The van der Waals surface area contributed by atoms with Gasteiger partial charge in [0.05, 0.1) is 16.8 Å². The van der Waals surface area contributed by atoms with E-state index < -0.39 is 0 Å². The number of hydrogen-bond donors (Lipinski definition) is 1. The predicted octanol–water partition coefficient (Wildman–Crippen LogP) is 3.07. The fraction of sp³-hybridized carbons (Fsp3) is 0.250. The molecule has 0 amide bonds. The molecule has 1 unspecified atom stereocenters. The molecule has 0 aliphatic rings. The van der Waals surface area contributed by atoms with Gasteiger partial charge in [-0.15, -0.1) is 0 Å². The molecule has 0 aromatic carbocycles. The smallest absolute Gasteiger partial charge is 0.134 e. The second-order valence-electron chi connectivity index (χ2n) is 3.63. The monoisotopic (exact) mass is 280 g/mol. The van der Waals surface area contributed by atoms with Crippen molar-refractivity contribution in [3.05, 3.63) is 52.7 Å². The van der Waals surface area contributed by atoms with Gasteiger partial charge >= 0.3 is 0 Å². The van der Waals surface area contributed by atoms with E-state index in [4.69, 9.17) is 10.2 Å². The number of nitrogens with zero attached hydrogens (tertiary/aromatic N) is 1. The molecule has 16 heavy (non-hydrogen) atoms. The highest BCUT2D eigenvalue weighted by atomic mass is 79.9. The van der Waals surface area contributed by atoms with E-state index in [2.05, 4.69) is 20.9 Å². The molecule has 2 heterocycles. The summed E-state index contributed by atoms with van der Waals surface area (Å²) >= 11 is 3.41. The molecule has 0 radical (unpaired) electrons. The van der Waals surface area contributed by atoms with Crippen LogP contribution in [0.1, 0.15) is 23.8 Å². The molecule has 3 nitrogen and oxygen atoms in total. The van der Waals surface area contributed by atoms with E-state index in [0.717, 1.165) is 23.1 Å². The zero-order valence-electron chi connectivity index (χ0n) is 8.77. The van der Waals surface area contributed by atoms with Crippen LogP contribution in [0.15, 0.2) is 45.7 Å². The van der Waals surface area contributed by atoms with Crippen LogP contribution in [0.2, 0.25) is 0 Å². The highest BCUT2D eigenvalue weighted by Crippen LogP contribution is 2.25. The van der Waals surface area contributed by atoms with E-state index in [1.54, 1.807) is 18.7 Å². The normalized spacial score (nSPS) is 12.6. The van der Waals surface area contributed by atoms with Gasteiger partial charge in [-0.2, -0.15) is 0 Å². The van der Waals surface area contributed by atoms with Crippen LogP contribution in [0.5, 0.6) is 0 Å². The fourth-order valence-corrected chi connectivity index (χ4v) is 2.07. The number of hydrogen-bond acceptors (Lipinski definition) is 3. The second-order valence-corrected chi connectivity index (χ2v) is 4.49. The summed E-state index contributed by atoms with van der Waals surface area (Å²) in [5, 5.41) is 0. The third-order valence-corrected chi connectivity index (χ3v) is 3.13. The van der Waals surface area contributed by atoms with Gasteiger partial charge in [-0.05, 0) is 52.5 Å². The van der Waals surface area contributed by atoms with E-state index in [0.29, 0.717) is 0 Å². The first kappa shape index (κ1) is 11.4. The molecule has 0 spiro atoms.